The monoisotopic (exact) mass is 336 g/mol. The van der Waals surface area contributed by atoms with Crippen molar-refractivity contribution >= 4 is 33.2 Å². The van der Waals surface area contributed by atoms with E-state index in [-0.39, 0.29) is 0 Å². The topological polar surface area (TPSA) is 38.1 Å². The number of nitrogens with zero attached hydrogens (tertiary/aromatic N) is 1. The first-order valence-corrected chi connectivity index (χ1v) is 8.57. The van der Waals surface area contributed by atoms with Crippen LogP contribution in [-0.4, -0.2) is 4.98 Å². The van der Waals surface area contributed by atoms with Gasteiger partial charge in [0.2, 0.25) is 5.89 Å². The van der Waals surface area contributed by atoms with E-state index in [1.165, 1.54) is 10.8 Å². The summed E-state index contributed by atoms with van der Waals surface area (Å²) in [6.45, 7) is 0. The van der Waals surface area contributed by atoms with Crippen molar-refractivity contribution in [1.29, 1.82) is 0 Å². The minimum atomic E-state index is 0.642. The van der Waals surface area contributed by atoms with Crippen LogP contribution < -0.4 is 5.32 Å². The summed E-state index contributed by atoms with van der Waals surface area (Å²) in [4.78, 5) is 4.54. The van der Waals surface area contributed by atoms with E-state index in [9.17, 15) is 0 Å². The lowest BCUT2D eigenvalue weighted by atomic mass is 10.1. The second-order valence-corrected chi connectivity index (χ2v) is 6.25. The Kier molecular flexibility index (Phi) is 3.42. The van der Waals surface area contributed by atoms with Gasteiger partial charge in [0.25, 0.3) is 0 Å². The Hall–Kier alpha value is -3.59. The lowest BCUT2D eigenvalue weighted by Gasteiger charge is -2.08. The van der Waals surface area contributed by atoms with Crippen LogP contribution in [0.2, 0.25) is 0 Å². The number of rotatable bonds is 3. The van der Waals surface area contributed by atoms with Crippen LogP contribution in [0, 0.1) is 0 Å². The highest BCUT2D eigenvalue weighted by Gasteiger charge is 2.07. The molecule has 1 heterocycles. The van der Waals surface area contributed by atoms with Crippen LogP contribution in [-0.2, 0) is 0 Å². The quantitative estimate of drug-likeness (QED) is 0.415. The summed E-state index contributed by atoms with van der Waals surface area (Å²) in [5, 5.41) is 5.91. The molecule has 3 heteroatoms. The highest BCUT2D eigenvalue weighted by Crippen LogP contribution is 2.27. The average molecular weight is 336 g/mol. The van der Waals surface area contributed by atoms with E-state index in [4.69, 9.17) is 4.42 Å². The molecule has 0 atom stereocenters. The van der Waals surface area contributed by atoms with Crippen LogP contribution >= 0.6 is 0 Å². The number of hydrogen-bond donors (Lipinski definition) is 1. The molecule has 0 amide bonds. The zero-order valence-electron chi connectivity index (χ0n) is 14.0. The third-order valence-corrected chi connectivity index (χ3v) is 4.46. The van der Waals surface area contributed by atoms with Gasteiger partial charge in [-0.3, -0.25) is 0 Å². The normalized spacial score (nSPS) is 11.1. The van der Waals surface area contributed by atoms with Crippen molar-refractivity contribution in [3.05, 3.63) is 91.0 Å². The van der Waals surface area contributed by atoms with Crippen LogP contribution in [0.5, 0.6) is 0 Å². The summed E-state index contributed by atoms with van der Waals surface area (Å²) in [6, 6.07) is 30.7. The minimum absolute atomic E-state index is 0.642. The van der Waals surface area contributed by atoms with Crippen molar-refractivity contribution in [3.8, 4) is 11.5 Å². The predicted octanol–water partition coefficient (Wildman–Crippen LogP) is 6.39. The van der Waals surface area contributed by atoms with Crippen LogP contribution in [0.15, 0.2) is 95.4 Å². The first-order chi connectivity index (χ1) is 12.8. The van der Waals surface area contributed by atoms with Gasteiger partial charge in [0.15, 0.2) is 5.58 Å². The number of fused-ring (bicyclic) bond motifs is 2. The van der Waals surface area contributed by atoms with E-state index in [0.29, 0.717) is 5.89 Å². The summed E-state index contributed by atoms with van der Waals surface area (Å²) < 4.78 is 5.83. The number of benzene rings is 4. The first-order valence-electron chi connectivity index (χ1n) is 8.57. The van der Waals surface area contributed by atoms with E-state index in [0.717, 1.165) is 28.0 Å². The van der Waals surface area contributed by atoms with E-state index in [1.54, 1.807) is 0 Å². The molecule has 1 aromatic heterocycles. The SMILES string of the molecule is c1ccc2cc(Nc3ccc(-c4nc5ccccc5o4)cc3)ccc2c1. The van der Waals surface area contributed by atoms with Gasteiger partial charge in [0.1, 0.15) is 5.52 Å². The van der Waals surface area contributed by atoms with Gasteiger partial charge in [0.05, 0.1) is 0 Å². The number of hydrogen-bond acceptors (Lipinski definition) is 3. The van der Waals surface area contributed by atoms with Gasteiger partial charge in [-0.2, -0.15) is 0 Å². The van der Waals surface area contributed by atoms with Gasteiger partial charge < -0.3 is 9.73 Å². The maximum absolute atomic E-state index is 5.83. The van der Waals surface area contributed by atoms with Gasteiger partial charge in [-0.15, -0.1) is 0 Å². The fraction of sp³-hybridized carbons (Fsp3) is 0. The molecule has 0 radical (unpaired) electrons. The van der Waals surface area contributed by atoms with Gasteiger partial charge in [0, 0.05) is 16.9 Å². The molecule has 124 valence electrons. The molecule has 0 aliphatic rings. The molecule has 1 N–H and O–H groups in total. The second kappa shape index (κ2) is 6.05. The van der Waals surface area contributed by atoms with Crippen molar-refractivity contribution in [3.63, 3.8) is 0 Å². The van der Waals surface area contributed by atoms with Crippen molar-refractivity contribution in [2.75, 3.05) is 5.32 Å². The number of aromatic nitrogens is 1. The van der Waals surface area contributed by atoms with Crippen LogP contribution in [0.3, 0.4) is 0 Å². The maximum Gasteiger partial charge on any atom is 0.227 e. The van der Waals surface area contributed by atoms with E-state index in [1.807, 2.05) is 48.5 Å². The predicted molar refractivity (Wildman–Crippen MR) is 107 cm³/mol. The van der Waals surface area contributed by atoms with E-state index in [2.05, 4.69) is 52.8 Å². The highest BCUT2D eigenvalue weighted by atomic mass is 16.3. The lowest BCUT2D eigenvalue weighted by molar-refractivity contribution is 0.620. The van der Waals surface area contributed by atoms with Crippen LogP contribution in [0.1, 0.15) is 0 Å². The third kappa shape index (κ3) is 2.70. The molecule has 5 rings (SSSR count). The Balaban J connectivity index is 1.41. The molecule has 0 saturated heterocycles. The minimum Gasteiger partial charge on any atom is -0.436 e. The molecule has 26 heavy (non-hydrogen) atoms. The molecule has 3 nitrogen and oxygen atoms in total. The first kappa shape index (κ1) is 14.7. The van der Waals surface area contributed by atoms with Crippen molar-refractivity contribution in [1.82, 2.24) is 4.98 Å². The molecular formula is C23H16N2O. The Morgan fingerprint density at radius 3 is 2.23 bits per heavy atom. The summed E-state index contributed by atoms with van der Waals surface area (Å²) in [7, 11) is 0. The molecule has 0 aliphatic heterocycles. The molecule has 0 saturated carbocycles. The average Bonchev–Trinajstić information content (AvgIpc) is 3.13. The van der Waals surface area contributed by atoms with Gasteiger partial charge in [-0.25, -0.2) is 4.98 Å². The third-order valence-electron chi connectivity index (χ3n) is 4.46. The molecular weight excluding hydrogens is 320 g/mol. The number of nitrogens with one attached hydrogen (secondary N) is 1. The van der Waals surface area contributed by atoms with Gasteiger partial charge in [-0.1, -0.05) is 42.5 Å². The summed E-state index contributed by atoms with van der Waals surface area (Å²) in [5.41, 5.74) is 4.74. The zero-order chi connectivity index (χ0) is 17.3. The Morgan fingerprint density at radius 2 is 1.38 bits per heavy atom. The standard InChI is InChI=1S/C23H16N2O/c1-2-6-18-15-20(14-9-16(18)5-1)24-19-12-10-17(11-13-19)23-25-21-7-3-4-8-22(21)26-23/h1-15,24H. The van der Waals surface area contributed by atoms with Crippen molar-refractivity contribution < 1.29 is 4.42 Å². The van der Waals surface area contributed by atoms with Crippen molar-refractivity contribution in [2.24, 2.45) is 0 Å². The molecule has 0 unspecified atom stereocenters. The molecule has 0 fully saturated rings. The Morgan fingerprint density at radius 1 is 0.654 bits per heavy atom. The molecule has 5 aromatic rings. The van der Waals surface area contributed by atoms with Gasteiger partial charge in [-0.05, 0) is 59.3 Å². The number of anilines is 2. The largest absolute Gasteiger partial charge is 0.436 e. The highest BCUT2D eigenvalue weighted by molar-refractivity contribution is 5.86. The van der Waals surface area contributed by atoms with Crippen LogP contribution in [0.4, 0.5) is 11.4 Å². The fourth-order valence-corrected chi connectivity index (χ4v) is 3.13. The molecule has 0 aliphatic carbocycles. The Bertz CT molecular complexity index is 1170. The zero-order valence-corrected chi connectivity index (χ0v) is 14.0. The van der Waals surface area contributed by atoms with E-state index < -0.39 is 0 Å². The van der Waals surface area contributed by atoms with E-state index >= 15 is 0 Å². The summed E-state index contributed by atoms with van der Waals surface area (Å²) >= 11 is 0. The second-order valence-electron chi connectivity index (χ2n) is 6.25. The summed E-state index contributed by atoms with van der Waals surface area (Å²) in [5.74, 6) is 0.642. The Labute approximate surface area is 150 Å². The van der Waals surface area contributed by atoms with Gasteiger partial charge >= 0.3 is 0 Å². The number of para-hydroxylation sites is 2. The molecule has 0 bridgehead atoms. The maximum atomic E-state index is 5.83. The summed E-state index contributed by atoms with van der Waals surface area (Å²) in [6.07, 6.45) is 0. The fourth-order valence-electron chi connectivity index (χ4n) is 3.13. The number of oxazole rings is 1. The lowest BCUT2D eigenvalue weighted by Crippen LogP contribution is -1.90. The van der Waals surface area contributed by atoms with Crippen LogP contribution in [0.25, 0.3) is 33.3 Å². The molecule has 4 aromatic carbocycles. The van der Waals surface area contributed by atoms with Crippen molar-refractivity contribution in [2.45, 2.75) is 0 Å². The molecule has 0 spiro atoms. The smallest absolute Gasteiger partial charge is 0.227 e.